The van der Waals surface area contributed by atoms with Crippen molar-refractivity contribution in [1.29, 1.82) is 0 Å². The maximum absolute atomic E-state index is 12.9. The molecule has 6 heteroatoms. The summed E-state index contributed by atoms with van der Waals surface area (Å²) in [4.78, 5) is 15.4. The van der Waals surface area contributed by atoms with Crippen LogP contribution in [0.2, 0.25) is 0 Å². The minimum absolute atomic E-state index is 0.0341. The summed E-state index contributed by atoms with van der Waals surface area (Å²) in [5.74, 6) is 1.01. The molecule has 4 atom stereocenters. The van der Waals surface area contributed by atoms with Crippen molar-refractivity contribution in [3.05, 3.63) is 11.9 Å². The second kappa shape index (κ2) is 7.53. The molecule has 3 saturated heterocycles. The molecule has 4 aliphatic rings. The van der Waals surface area contributed by atoms with Gasteiger partial charge >= 0.3 is 0 Å². The summed E-state index contributed by atoms with van der Waals surface area (Å²) in [5, 5.41) is 12.1. The lowest BCUT2D eigenvalue weighted by Gasteiger charge is -2.49. The van der Waals surface area contributed by atoms with Crippen molar-refractivity contribution in [2.45, 2.75) is 89.8 Å². The summed E-state index contributed by atoms with van der Waals surface area (Å²) in [6.07, 6.45) is 10.5. The molecule has 5 rings (SSSR count). The molecule has 4 fully saturated rings. The molecular weight excluding hydrogens is 338 g/mol. The molecule has 0 spiro atoms. The zero-order chi connectivity index (χ0) is 19.0. The van der Waals surface area contributed by atoms with E-state index in [0.29, 0.717) is 23.9 Å². The lowest BCUT2D eigenvalue weighted by Crippen LogP contribution is -2.58. The third-order valence-corrected chi connectivity index (χ3v) is 6.87. The lowest BCUT2D eigenvalue weighted by molar-refractivity contribution is -0.134. The molecule has 3 aliphatic heterocycles. The predicted molar refractivity (Wildman–Crippen MR) is 105 cm³/mol. The standard InChI is InChI=1S/C21H35N5O/c1-21(2,3)19-14-26(24-23-19)12-17-11-15-9-10-25(17)13-18(15)20(27)22-16-7-5-4-6-8-16/h14-18H,4-13H2,1-3H3,(H,22,27)/t15-,17-,18-/m0/s1. The topological polar surface area (TPSA) is 63.1 Å². The first-order chi connectivity index (χ1) is 12.9. The SMILES string of the molecule is CC(C)(C)c1cn(C[C@@H]2C[C@@H]3CCN2C[C@@H]3C(=O)NC2CCCCC2)nn1. The van der Waals surface area contributed by atoms with Crippen LogP contribution in [0.25, 0.3) is 0 Å². The van der Waals surface area contributed by atoms with Crippen LogP contribution in [0.15, 0.2) is 6.20 Å². The largest absolute Gasteiger partial charge is 0.353 e. The van der Waals surface area contributed by atoms with Crippen LogP contribution < -0.4 is 5.32 Å². The molecule has 1 amide bonds. The van der Waals surface area contributed by atoms with Gasteiger partial charge in [0.05, 0.1) is 18.2 Å². The summed E-state index contributed by atoms with van der Waals surface area (Å²) >= 11 is 0. The highest BCUT2D eigenvalue weighted by Crippen LogP contribution is 2.37. The Morgan fingerprint density at radius 3 is 2.63 bits per heavy atom. The minimum atomic E-state index is 0.0341. The minimum Gasteiger partial charge on any atom is -0.353 e. The van der Waals surface area contributed by atoms with Gasteiger partial charge in [-0.3, -0.25) is 14.4 Å². The highest BCUT2D eigenvalue weighted by atomic mass is 16.2. The molecule has 27 heavy (non-hydrogen) atoms. The molecule has 150 valence electrons. The van der Waals surface area contributed by atoms with E-state index in [4.69, 9.17) is 0 Å². The number of hydrogen-bond donors (Lipinski definition) is 1. The van der Waals surface area contributed by atoms with E-state index in [9.17, 15) is 4.79 Å². The highest BCUT2D eigenvalue weighted by molar-refractivity contribution is 5.79. The molecule has 0 aromatic carbocycles. The Bertz CT molecular complexity index is 658. The molecule has 1 unspecified atom stereocenters. The molecule has 1 saturated carbocycles. The van der Waals surface area contributed by atoms with Crippen molar-refractivity contribution in [1.82, 2.24) is 25.2 Å². The zero-order valence-corrected chi connectivity index (χ0v) is 17.2. The number of nitrogens with one attached hydrogen (secondary N) is 1. The number of amides is 1. The fourth-order valence-corrected chi connectivity index (χ4v) is 5.13. The monoisotopic (exact) mass is 373 g/mol. The number of carbonyl (C=O) groups excluding carboxylic acids is 1. The van der Waals surface area contributed by atoms with Crippen LogP contribution in [0.1, 0.15) is 71.4 Å². The van der Waals surface area contributed by atoms with E-state index in [-0.39, 0.29) is 11.3 Å². The summed E-state index contributed by atoms with van der Waals surface area (Å²) < 4.78 is 2.00. The van der Waals surface area contributed by atoms with E-state index in [1.54, 1.807) is 0 Å². The van der Waals surface area contributed by atoms with E-state index in [1.807, 2.05) is 4.68 Å². The average Bonchev–Trinajstić information content (AvgIpc) is 3.12. The maximum Gasteiger partial charge on any atom is 0.224 e. The van der Waals surface area contributed by atoms with Crippen molar-refractivity contribution in [3.8, 4) is 0 Å². The van der Waals surface area contributed by atoms with E-state index < -0.39 is 0 Å². The van der Waals surface area contributed by atoms with Crippen molar-refractivity contribution < 1.29 is 4.79 Å². The van der Waals surface area contributed by atoms with Gasteiger partial charge in [0.25, 0.3) is 0 Å². The van der Waals surface area contributed by atoms with Gasteiger partial charge < -0.3 is 5.32 Å². The number of fused-ring (bicyclic) bond motifs is 3. The third kappa shape index (κ3) is 4.20. The third-order valence-electron chi connectivity index (χ3n) is 6.87. The molecule has 4 heterocycles. The summed E-state index contributed by atoms with van der Waals surface area (Å²) in [7, 11) is 0. The number of rotatable bonds is 4. The van der Waals surface area contributed by atoms with Crippen LogP contribution in [-0.4, -0.2) is 51.0 Å². The molecule has 1 N–H and O–H groups in total. The summed E-state index contributed by atoms with van der Waals surface area (Å²) in [6, 6.07) is 0.903. The number of carbonyl (C=O) groups is 1. The molecule has 1 aromatic rings. The fraction of sp³-hybridized carbons (Fsp3) is 0.857. The van der Waals surface area contributed by atoms with E-state index in [0.717, 1.165) is 51.0 Å². The van der Waals surface area contributed by atoms with E-state index in [1.165, 1.54) is 19.3 Å². The van der Waals surface area contributed by atoms with Gasteiger partial charge in [0.1, 0.15) is 0 Å². The molecular formula is C21H35N5O. The van der Waals surface area contributed by atoms with Gasteiger partial charge in [0.15, 0.2) is 0 Å². The van der Waals surface area contributed by atoms with Gasteiger partial charge in [0, 0.05) is 30.2 Å². The Balaban J connectivity index is 1.34. The van der Waals surface area contributed by atoms with Crippen LogP contribution in [0.3, 0.4) is 0 Å². The first-order valence-electron chi connectivity index (χ1n) is 10.8. The summed E-state index contributed by atoms with van der Waals surface area (Å²) in [6.45, 7) is 9.42. The van der Waals surface area contributed by atoms with Crippen molar-refractivity contribution in [2.24, 2.45) is 11.8 Å². The van der Waals surface area contributed by atoms with Crippen LogP contribution in [0, 0.1) is 11.8 Å². The van der Waals surface area contributed by atoms with Gasteiger partial charge in [0.2, 0.25) is 5.91 Å². The van der Waals surface area contributed by atoms with Crippen molar-refractivity contribution >= 4 is 5.91 Å². The van der Waals surface area contributed by atoms with E-state index in [2.05, 4.69) is 47.5 Å². The van der Waals surface area contributed by atoms with Crippen LogP contribution in [-0.2, 0) is 16.8 Å². The normalized spacial score (nSPS) is 31.8. The Hall–Kier alpha value is -1.43. The van der Waals surface area contributed by atoms with Gasteiger partial charge in [-0.2, -0.15) is 0 Å². The zero-order valence-electron chi connectivity index (χ0n) is 17.2. The smallest absolute Gasteiger partial charge is 0.224 e. The van der Waals surface area contributed by atoms with Crippen molar-refractivity contribution in [2.75, 3.05) is 13.1 Å². The van der Waals surface area contributed by atoms with Gasteiger partial charge in [-0.15, -0.1) is 5.10 Å². The Morgan fingerprint density at radius 1 is 1.22 bits per heavy atom. The molecule has 1 aliphatic carbocycles. The fourth-order valence-electron chi connectivity index (χ4n) is 5.13. The number of nitrogens with zero attached hydrogens (tertiary/aromatic N) is 4. The molecule has 2 bridgehead atoms. The predicted octanol–water partition coefficient (Wildman–Crippen LogP) is 2.73. The van der Waals surface area contributed by atoms with Gasteiger partial charge in [-0.1, -0.05) is 45.2 Å². The van der Waals surface area contributed by atoms with E-state index >= 15 is 0 Å². The quantitative estimate of drug-likeness (QED) is 0.881. The number of aromatic nitrogens is 3. The summed E-state index contributed by atoms with van der Waals surface area (Å²) in [5.41, 5.74) is 1.08. The first-order valence-corrected chi connectivity index (χ1v) is 10.8. The highest BCUT2D eigenvalue weighted by Gasteiger charge is 2.43. The van der Waals surface area contributed by atoms with Crippen LogP contribution in [0.4, 0.5) is 0 Å². The molecule has 1 aromatic heterocycles. The number of piperidine rings is 3. The average molecular weight is 374 g/mol. The Kier molecular flexibility index (Phi) is 5.28. The van der Waals surface area contributed by atoms with Gasteiger partial charge in [-0.05, 0) is 38.1 Å². The number of hydrogen-bond acceptors (Lipinski definition) is 4. The lowest BCUT2D eigenvalue weighted by atomic mass is 9.75. The Morgan fingerprint density at radius 2 is 2.00 bits per heavy atom. The first kappa shape index (κ1) is 18.9. The molecule has 0 radical (unpaired) electrons. The maximum atomic E-state index is 12.9. The van der Waals surface area contributed by atoms with Crippen LogP contribution >= 0.6 is 0 Å². The van der Waals surface area contributed by atoms with Crippen molar-refractivity contribution in [3.63, 3.8) is 0 Å². The second-order valence-electron chi connectivity index (χ2n) is 9.96. The second-order valence-corrected chi connectivity index (χ2v) is 9.96. The molecule has 6 nitrogen and oxygen atoms in total. The Labute approximate surface area is 163 Å². The van der Waals surface area contributed by atoms with Crippen LogP contribution in [0.5, 0.6) is 0 Å². The van der Waals surface area contributed by atoms with Gasteiger partial charge in [-0.25, -0.2) is 0 Å².